The van der Waals surface area contributed by atoms with Gasteiger partial charge in [-0.2, -0.15) is 0 Å². The van der Waals surface area contributed by atoms with Crippen LogP contribution in [0.25, 0.3) is 11.0 Å². The third kappa shape index (κ3) is 2.67. The number of rotatable bonds is 5. The van der Waals surface area contributed by atoms with Crippen LogP contribution in [0, 0.1) is 11.8 Å². The Morgan fingerprint density at radius 1 is 1.28 bits per heavy atom. The van der Waals surface area contributed by atoms with E-state index in [0.29, 0.717) is 0 Å². The second kappa shape index (κ2) is 5.02. The van der Waals surface area contributed by atoms with Crippen molar-refractivity contribution in [3.8, 4) is 0 Å². The zero-order valence-electron chi connectivity index (χ0n) is 10.8. The van der Waals surface area contributed by atoms with Gasteiger partial charge in [-0.25, -0.2) is 4.98 Å². The van der Waals surface area contributed by atoms with Crippen LogP contribution in [0.15, 0.2) is 30.5 Å². The Morgan fingerprint density at radius 2 is 2.06 bits per heavy atom. The van der Waals surface area contributed by atoms with Crippen LogP contribution >= 0.6 is 0 Å². The molecule has 94 valence electrons. The lowest BCUT2D eigenvalue weighted by Gasteiger charge is -2.11. The van der Waals surface area contributed by atoms with E-state index in [4.69, 9.17) is 0 Å². The lowest BCUT2D eigenvalue weighted by atomic mass is 10.1. The third-order valence-corrected chi connectivity index (χ3v) is 3.70. The highest BCUT2D eigenvalue weighted by Gasteiger charge is 2.27. The first-order chi connectivity index (χ1) is 8.83. The van der Waals surface area contributed by atoms with Gasteiger partial charge in [-0.15, -0.1) is 0 Å². The minimum absolute atomic E-state index is 0.790. The summed E-state index contributed by atoms with van der Waals surface area (Å²) in [6.07, 6.45) is 4.70. The number of hydrogen-bond acceptors (Lipinski definition) is 3. The molecule has 1 aliphatic rings. The van der Waals surface area contributed by atoms with E-state index in [1.807, 2.05) is 30.5 Å². The average molecular weight is 241 g/mol. The third-order valence-electron chi connectivity index (χ3n) is 3.70. The van der Waals surface area contributed by atoms with Gasteiger partial charge in [0.15, 0.2) is 0 Å². The second-order valence-electron chi connectivity index (χ2n) is 5.30. The smallest absolute Gasteiger partial charge is 0.0890 e. The fraction of sp³-hybridized carbons (Fsp3) is 0.467. The molecule has 1 saturated carbocycles. The van der Waals surface area contributed by atoms with Gasteiger partial charge in [-0.05, 0) is 43.4 Å². The summed E-state index contributed by atoms with van der Waals surface area (Å²) in [7, 11) is 0. The van der Waals surface area contributed by atoms with Crippen molar-refractivity contribution in [2.75, 3.05) is 6.54 Å². The molecule has 2 aromatic rings. The van der Waals surface area contributed by atoms with E-state index in [2.05, 4.69) is 22.2 Å². The summed E-state index contributed by atoms with van der Waals surface area (Å²) in [5, 5.41) is 3.48. The lowest BCUT2D eigenvalue weighted by molar-refractivity contribution is 0.460. The summed E-state index contributed by atoms with van der Waals surface area (Å²) in [5.74, 6) is 1.75. The van der Waals surface area contributed by atoms with Crippen LogP contribution in [0.2, 0.25) is 0 Å². The van der Waals surface area contributed by atoms with Crippen molar-refractivity contribution in [3.63, 3.8) is 0 Å². The molecule has 0 bridgehead atoms. The second-order valence-corrected chi connectivity index (χ2v) is 5.30. The maximum absolute atomic E-state index is 4.61. The molecule has 1 unspecified atom stereocenters. The van der Waals surface area contributed by atoms with Crippen molar-refractivity contribution in [3.05, 3.63) is 36.2 Å². The standard InChI is InChI=1S/C15H19N3/c1-11(12-6-7-12)8-16-9-13-10-17-14-4-2-3-5-15(14)18-13/h2-5,10-12,16H,6-9H2,1H3. The fourth-order valence-electron chi connectivity index (χ4n) is 2.34. The van der Waals surface area contributed by atoms with Crippen molar-refractivity contribution in [1.29, 1.82) is 0 Å². The average Bonchev–Trinajstić information content (AvgIpc) is 3.23. The Hall–Kier alpha value is -1.48. The number of para-hydroxylation sites is 2. The molecule has 0 radical (unpaired) electrons. The molecule has 0 amide bonds. The van der Waals surface area contributed by atoms with Crippen LogP contribution in [-0.2, 0) is 6.54 Å². The van der Waals surface area contributed by atoms with Gasteiger partial charge >= 0.3 is 0 Å². The first-order valence-electron chi connectivity index (χ1n) is 6.74. The van der Waals surface area contributed by atoms with E-state index < -0.39 is 0 Å². The van der Waals surface area contributed by atoms with Gasteiger partial charge in [0.2, 0.25) is 0 Å². The first kappa shape index (κ1) is 11.6. The Balaban J connectivity index is 1.60. The van der Waals surface area contributed by atoms with Gasteiger partial charge in [-0.3, -0.25) is 4.98 Å². The number of aromatic nitrogens is 2. The molecule has 0 aliphatic heterocycles. The molecule has 0 spiro atoms. The highest BCUT2D eigenvalue weighted by Crippen LogP contribution is 2.36. The van der Waals surface area contributed by atoms with E-state index in [1.165, 1.54) is 12.8 Å². The van der Waals surface area contributed by atoms with E-state index in [0.717, 1.165) is 41.7 Å². The van der Waals surface area contributed by atoms with Gasteiger partial charge in [0.05, 0.1) is 22.9 Å². The van der Waals surface area contributed by atoms with Crippen molar-refractivity contribution < 1.29 is 0 Å². The molecule has 1 atom stereocenters. The number of hydrogen-bond donors (Lipinski definition) is 1. The van der Waals surface area contributed by atoms with Crippen LogP contribution in [0.3, 0.4) is 0 Å². The largest absolute Gasteiger partial charge is 0.311 e. The SMILES string of the molecule is CC(CNCc1cnc2ccccc2n1)C1CC1. The molecule has 1 N–H and O–H groups in total. The molecule has 1 aromatic carbocycles. The van der Waals surface area contributed by atoms with Crippen LogP contribution in [0.4, 0.5) is 0 Å². The molecule has 3 nitrogen and oxygen atoms in total. The molecule has 1 fully saturated rings. The Bertz CT molecular complexity index is 534. The van der Waals surface area contributed by atoms with Crippen LogP contribution in [-0.4, -0.2) is 16.5 Å². The Labute approximate surface area is 108 Å². The van der Waals surface area contributed by atoms with E-state index in [1.54, 1.807) is 0 Å². The molecule has 0 saturated heterocycles. The van der Waals surface area contributed by atoms with Crippen molar-refractivity contribution in [2.24, 2.45) is 11.8 Å². The predicted molar refractivity (Wildman–Crippen MR) is 73.1 cm³/mol. The monoisotopic (exact) mass is 241 g/mol. The number of nitrogens with zero attached hydrogens (tertiary/aromatic N) is 2. The van der Waals surface area contributed by atoms with Gasteiger partial charge in [-0.1, -0.05) is 19.1 Å². The summed E-state index contributed by atoms with van der Waals surface area (Å²) in [6, 6.07) is 8.00. The Kier molecular flexibility index (Phi) is 3.24. The first-order valence-corrected chi connectivity index (χ1v) is 6.74. The highest BCUT2D eigenvalue weighted by atomic mass is 14.9. The minimum Gasteiger partial charge on any atom is -0.311 e. The number of benzene rings is 1. The van der Waals surface area contributed by atoms with E-state index >= 15 is 0 Å². The quantitative estimate of drug-likeness (QED) is 0.874. The zero-order valence-corrected chi connectivity index (χ0v) is 10.8. The maximum Gasteiger partial charge on any atom is 0.0890 e. The summed E-state index contributed by atoms with van der Waals surface area (Å²) >= 11 is 0. The molecule has 1 aliphatic carbocycles. The number of fused-ring (bicyclic) bond motifs is 1. The van der Waals surface area contributed by atoms with Crippen molar-refractivity contribution in [1.82, 2.24) is 15.3 Å². The lowest BCUT2D eigenvalue weighted by Crippen LogP contribution is -2.22. The van der Waals surface area contributed by atoms with E-state index in [9.17, 15) is 0 Å². The van der Waals surface area contributed by atoms with Crippen LogP contribution in [0.5, 0.6) is 0 Å². The Morgan fingerprint density at radius 3 is 2.83 bits per heavy atom. The van der Waals surface area contributed by atoms with E-state index in [-0.39, 0.29) is 0 Å². The minimum atomic E-state index is 0.790. The van der Waals surface area contributed by atoms with Gasteiger partial charge in [0.25, 0.3) is 0 Å². The zero-order chi connectivity index (χ0) is 12.4. The van der Waals surface area contributed by atoms with Crippen LogP contribution < -0.4 is 5.32 Å². The van der Waals surface area contributed by atoms with Crippen LogP contribution in [0.1, 0.15) is 25.5 Å². The van der Waals surface area contributed by atoms with Gasteiger partial charge in [0, 0.05) is 6.54 Å². The predicted octanol–water partition coefficient (Wildman–Crippen LogP) is 2.77. The van der Waals surface area contributed by atoms with Crippen molar-refractivity contribution in [2.45, 2.75) is 26.3 Å². The number of nitrogens with one attached hydrogen (secondary N) is 1. The van der Waals surface area contributed by atoms with Gasteiger partial charge in [0.1, 0.15) is 0 Å². The highest BCUT2D eigenvalue weighted by molar-refractivity contribution is 5.73. The van der Waals surface area contributed by atoms with Gasteiger partial charge < -0.3 is 5.32 Å². The summed E-state index contributed by atoms with van der Waals surface area (Å²) in [4.78, 5) is 9.03. The molecule has 3 rings (SSSR count). The molecule has 1 heterocycles. The topological polar surface area (TPSA) is 37.8 Å². The maximum atomic E-state index is 4.61. The summed E-state index contributed by atoms with van der Waals surface area (Å²) in [6.45, 7) is 4.23. The summed E-state index contributed by atoms with van der Waals surface area (Å²) in [5.41, 5.74) is 2.97. The van der Waals surface area contributed by atoms with Crippen molar-refractivity contribution >= 4 is 11.0 Å². The normalized spacial score (nSPS) is 16.9. The molecule has 18 heavy (non-hydrogen) atoms. The molecule has 3 heteroatoms. The molecular formula is C15H19N3. The molecule has 1 aromatic heterocycles. The molecular weight excluding hydrogens is 222 g/mol. The summed E-state index contributed by atoms with van der Waals surface area (Å²) < 4.78 is 0. The fourth-order valence-corrected chi connectivity index (χ4v) is 2.34.